The lowest BCUT2D eigenvalue weighted by molar-refractivity contribution is -0.113. The Hall–Kier alpha value is -2.84. The maximum Gasteiger partial charge on any atom is 0.237 e. The zero-order valence-electron chi connectivity index (χ0n) is 16.7. The molecule has 2 aromatic heterocycles. The Bertz CT molecular complexity index is 954. The summed E-state index contributed by atoms with van der Waals surface area (Å²) in [5.74, 6) is 0.433. The van der Waals surface area contributed by atoms with Crippen LogP contribution in [-0.4, -0.2) is 46.5 Å². The molecule has 3 rings (SSSR count). The third-order valence-electron chi connectivity index (χ3n) is 4.00. The number of pyridine rings is 1. The number of nitrogens with one attached hydrogen (secondary N) is 1. The quantitative estimate of drug-likeness (QED) is 0.427. The van der Waals surface area contributed by atoms with Gasteiger partial charge in [0, 0.05) is 31.4 Å². The van der Waals surface area contributed by atoms with E-state index in [1.54, 1.807) is 31.6 Å². The molecule has 29 heavy (non-hydrogen) atoms. The zero-order chi connectivity index (χ0) is 20.6. The topological polar surface area (TPSA) is 78.3 Å². The first-order chi connectivity index (χ1) is 14.1. The number of benzene rings is 1. The summed E-state index contributed by atoms with van der Waals surface area (Å²) >= 11 is 1.37. The van der Waals surface area contributed by atoms with Crippen molar-refractivity contribution in [2.45, 2.75) is 19.0 Å². The number of methoxy groups -OCH3 is 1. The van der Waals surface area contributed by atoms with Gasteiger partial charge in [0.1, 0.15) is 12.3 Å². The van der Waals surface area contributed by atoms with E-state index in [0.29, 0.717) is 24.8 Å². The number of rotatable bonds is 9. The molecule has 0 aliphatic rings. The zero-order valence-corrected chi connectivity index (χ0v) is 17.5. The van der Waals surface area contributed by atoms with Gasteiger partial charge in [0.25, 0.3) is 0 Å². The highest BCUT2D eigenvalue weighted by atomic mass is 32.2. The van der Waals surface area contributed by atoms with Crippen molar-refractivity contribution in [3.63, 3.8) is 0 Å². The molecule has 1 N–H and O–H groups in total. The van der Waals surface area contributed by atoms with Gasteiger partial charge in [-0.1, -0.05) is 17.8 Å². The SMILES string of the molecule is COCCOc1ncccc1NC(=O)CSc1nccn1-c1cc(C)cc(C)c1. The molecule has 3 aromatic rings. The average Bonchev–Trinajstić information content (AvgIpc) is 3.16. The number of hydrogen-bond acceptors (Lipinski definition) is 6. The second-order valence-corrected chi connectivity index (χ2v) is 7.40. The summed E-state index contributed by atoms with van der Waals surface area (Å²) in [6, 6.07) is 9.82. The molecule has 152 valence electrons. The Morgan fingerprint density at radius 2 is 1.93 bits per heavy atom. The fourth-order valence-electron chi connectivity index (χ4n) is 2.82. The van der Waals surface area contributed by atoms with Crippen LogP contribution in [0.5, 0.6) is 5.88 Å². The van der Waals surface area contributed by atoms with Gasteiger partial charge in [-0.3, -0.25) is 9.36 Å². The minimum Gasteiger partial charge on any atom is -0.474 e. The van der Waals surface area contributed by atoms with E-state index in [2.05, 4.69) is 47.3 Å². The van der Waals surface area contributed by atoms with Gasteiger partial charge in [0.2, 0.25) is 11.8 Å². The monoisotopic (exact) mass is 412 g/mol. The maximum absolute atomic E-state index is 12.5. The number of carbonyl (C=O) groups is 1. The molecular weight excluding hydrogens is 388 g/mol. The van der Waals surface area contributed by atoms with E-state index in [1.807, 2.05) is 10.8 Å². The summed E-state index contributed by atoms with van der Waals surface area (Å²) in [6.07, 6.45) is 5.26. The fraction of sp³-hybridized carbons (Fsp3) is 0.286. The summed E-state index contributed by atoms with van der Waals surface area (Å²) < 4.78 is 12.5. The van der Waals surface area contributed by atoms with E-state index in [4.69, 9.17) is 9.47 Å². The number of anilines is 1. The van der Waals surface area contributed by atoms with Crippen molar-refractivity contribution in [1.29, 1.82) is 0 Å². The van der Waals surface area contributed by atoms with Gasteiger partial charge >= 0.3 is 0 Å². The van der Waals surface area contributed by atoms with Crippen LogP contribution in [0, 0.1) is 13.8 Å². The smallest absolute Gasteiger partial charge is 0.237 e. The molecule has 1 amide bonds. The number of ether oxygens (including phenoxy) is 2. The number of nitrogens with zero attached hydrogens (tertiary/aromatic N) is 3. The largest absolute Gasteiger partial charge is 0.474 e. The number of aryl methyl sites for hydroxylation is 2. The van der Waals surface area contributed by atoms with Gasteiger partial charge in [-0.05, 0) is 49.2 Å². The molecule has 0 aliphatic heterocycles. The first-order valence-corrected chi connectivity index (χ1v) is 10.2. The van der Waals surface area contributed by atoms with Crippen LogP contribution in [0.2, 0.25) is 0 Å². The molecule has 0 spiro atoms. The second kappa shape index (κ2) is 10.1. The molecule has 0 fully saturated rings. The van der Waals surface area contributed by atoms with Gasteiger partial charge in [0.15, 0.2) is 5.16 Å². The van der Waals surface area contributed by atoms with Gasteiger partial charge < -0.3 is 14.8 Å². The number of hydrogen-bond donors (Lipinski definition) is 1. The van der Waals surface area contributed by atoms with Crippen molar-refractivity contribution < 1.29 is 14.3 Å². The normalized spacial score (nSPS) is 10.7. The first kappa shape index (κ1) is 20.9. The third-order valence-corrected chi connectivity index (χ3v) is 4.96. The number of aromatic nitrogens is 3. The van der Waals surface area contributed by atoms with E-state index in [1.165, 1.54) is 22.9 Å². The molecule has 1 aromatic carbocycles. The van der Waals surface area contributed by atoms with Crippen molar-refractivity contribution in [1.82, 2.24) is 14.5 Å². The van der Waals surface area contributed by atoms with Crippen molar-refractivity contribution in [3.05, 3.63) is 60.0 Å². The highest BCUT2D eigenvalue weighted by Crippen LogP contribution is 2.24. The van der Waals surface area contributed by atoms with Crippen LogP contribution in [0.4, 0.5) is 5.69 Å². The first-order valence-electron chi connectivity index (χ1n) is 9.18. The van der Waals surface area contributed by atoms with Crippen molar-refractivity contribution in [3.8, 4) is 11.6 Å². The van der Waals surface area contributed by atoms with Crippen LogP contribution in [0.1, 0.15) is 11.1 Å². The molecule has 7 nitrogen and oxygen atoms in total. The molecule has 0 radical (unpaired) electrons. The van der Waals surface area contributed by atoms with E-state index in [0.717, 1.165) is 10.8 Å². The minimum absolute atomic E-state index is 0.158. The highest BCUT2D eigenvalue weighted by molar-refractivity contribution is 7.99. The molecule has 0 saturated carbocycles. The molecule has 2 heterocycles. The van der Waals surface area contributed by atoms with E-state index in [-0.39, 0.29) is 11.7 Å². The summed E-state index contributed by atoms with van der Waals surface area (Å²) in [7, 11) is 1.60. The van der Waals surface area contributed by atoms with E-state index in [9.17, 15) is 4.79 Å². The summed E-state index contributed by atoms with van der Waals surface area (Å²) in [6.45, 7) is 4.93. The summed E-state index contributed by atoms with van der Waals surface area (Å²) in [5.41, 5.74) is 3.93. The van der Waals surface area contributed by atoms with Crippen molar-refractivity contribution >= 4 is 23.4 Å². The van der Waals surface area contributed by atoms with Crippen LogP contribution in [0.3, 0.4) is 0 Å². The standard InChI is InChI=1S/C21H24N4O3S/c1-15-11-16(2)13-17(12-15)25-8-7-23-21(25)29-14-19(26)24-18-5-4-6-22-20(18)28-10-9-27-3/h4-8,11-13H,9-10,14H2,1-3H3,(H,24,26). The molecule has 8 heteroatoms. The summed E-state index contributed by atoms with van der Waals surface area (Å²) in [4.78, 5) is 21.0. The highest BCUT2D eigenvalue weighted by Gasteiger charge is 2.12. The molecule has 0 aliphatic carbocycles. The Morgan fingerprint density at radius 3 is 2.69 bits per heavy atom. The Labute approximate surface area is 174 Å². The maximum atomic E-state index is 12.5. The van der Waals surface area contributed by atoms with E-state index < -0.39 is 0 Å². The van der Waals surface area contributed by atoms with Crippen LogP contribution < -0.4 is 10.1 Å². The molecule has 0 saturated heterocycles. The minimum atomic E-state index is -0.158. The Morgan fingerprint density at radius 1 is 1.14 bits per heavy atom. The lowest BCUT2D eigenvalue weighted by Gasteiger charge is -2.12. The molecule has 0 atom stereocenters. The van der Waals surface area contributed by atoms with E-state index >= 15 is 0 Å². The average molecular weight is 413 g/mol. The van der Waals surface area contributed by atoms with Crippen molar-refractivity contribution in [2.24, 2.45) is 0 Å². The lowest BCUT2D eigenvalue weighted by atomic mass is 10.1. The van der Waals surface area contributed by atoms with Crippen LogP contribution in [0.15, 0.2) is 54.1 Å². The van der Waals surface area contributed by atoms with Gasteiger partial charge in [0.05, 0.1) is 12.4 Å². The van der Waals surface area contributed by atoms with Gasteiger partial charge in [-0.15, -0.1) is 0 Å². The lowest BCUT2D eigenvalue weighted by Crippen LogP contribution is -2.16. The number of thioether (sulfide) groups is 1. The molecule has 0 bridgehead atoms. The van der Waals surface area contributed by atoms with Gasteiger partial charge in [-0.25, -0.2) is 9.97 Å². The fourth-order valence-corrected chi connectivity index (χ4v) is 3.59. The Kier molecular flexibility index (Phi) is 7.26. The third kappa shape index (κ3) is 5.82. The van der Waals surface area contributed by atoms with Crippen LogP contribution in [0.25, 0.3) is 5.69 Å². The number of imidazole rings is 1. The predicted octanol–water partition coefficient (Wildman–Crippen LogP) is 3.64. The van der Waals surface area contributed by atoms with Crippen LogP contribution in [-0.2, 0) is 9.53 Å². The Balaban J connectivity index is 1.63. The van der Waals surface area contributed by atoms with Gasteiger partial charge in [-0.2, -0.15) is 0 Å². The number of carbonyl (C=O) groups excluding carboxylic acids is 1. The number of amides is 1. The van der Waals surface area contributed by atoms with Crippen molar-refractivity contribution in [2.75, 3.05) is 31.4 Å². The summed E-state index contributed by atoms with van der Waals surface area (Å²) in [5, 5.41) is 3.61. The predicted molar refractivity (Wildman–Crippen MR) is 114 cm³/mol. The second-order valence-electron chi connectivity index (χ2n) is 6.46. The molecule has 0 unspecified atom stereocenters. The molecular formula is C21H24N4O3S. The van der Waals surface area contributed by atoms with Crippen LogP contribution >= 0.6 is 11.8 Å².